The molecule has 1 radical (unpaired) electrons. The minimum absolute atomic E-state index is 0.221. The fourth-order valence-corrected chi connectivity index (χ4v) is 3.24. The van der Waals surface area contributed by atoms with Gasteiger partial charge in [0.2, 0.25) is 6.23 Å². The Balaban J connectivity index is 1.79. The van der Waals surface area contributed by atoms with Gasteiger partial charge in [-0.3, -0.25) is 4.48 Å². The van der Waals surface area contributed by atoms with Crippen LogP contribution in [0.4, 0.5) is 0 Å². The second kappa shape index (κ2) is 11.4. The van der Waals surface area contributed by atoms with Crippen LogP contribution in [-0.4, -0.2) is 40.6 Å². The summed E-state index contributed by atoms with van der Waals surface area (Å²) in [4.78, 5) is 0. The molecule has 1 aliphatic heterocycles. The Morgan fingerprint density at radius 1 is 0.857 bits per heavy atom. The summed E-state index contributed by atoms with van der Waals surface area (Å²) in [6.45, 7) is 5.94. The lowest BCUT2D eigenvalue weighted by molar-refractivity contribution is -0.825. The van der Waals surface area contributed by atoms with E-state index in [4.69, 9.17) is 5.11 Å². The third kappa shape index (κ3) is 8.18. The van der Waals surface area contributed by atoms with Crippen LogP contribution in [0.3, 0.4) is 0 Å². The van der Waals surface area contributed by atoms with Crippen molar-refractivity contribution >= 4 is 0 Å². The first kappa shape index (κ1) is 18.9. The summed E-state index contributed by atoms with van der Waals surface area (Å²) in [5, 5.41) is 18.5. The Morgan fingerprint density at radius 3 is 1.67 bits per heavy atom. The van der Waals surface area contributed by atoms with Crippen molar-refractivity contribution in [2.24, 2.45) is 0 Å². The van der Waals surface area contributed by atoms with Crippen LogP contribution in [0.5, 0.6) is 0 Å². The van der Waals surface area contributed by atoms with Gasteiger partial charge in [0.15, 0.2) is 6.54 Å². The first-order valence-electron chi connectivity index (χ1n) is 9.25. The maximum absolute atomic E-state index is 9.63. The molecule has 0 aromatic heterocycles. The van der Waals surface area contributed by atoms with Gasteiger partial charge in [0.25, 0.3) is 0 Å². The fourth-order valence-electron chi connectivity index (χ4n) is 3.24. The van der Waals surface area contributed by atoms with Crippen LogP contribution in [0.25, 0.3) is 0 Å². The molecule has 1 heterocycles. The van der Waals surface area contributed by atoms with Gasteiger partial charge in [-0.2, -0.15) is 0 Å². The van der Waals surface area contributed by atoms with E-state index in [0.29, 0.717) is 11.0 Å². The number of nitrogens with zero attached hydrogens (tertiary/aromatic N) is 1. The Bertz CT molecular complexity index is 247. The third-order valence-electron chi connectivity index (χ3n) is 4.93. The summed E-state index contributed by atoms with van der Waals surface area (Å²) in [7, 11) is 0. The predicted octanol–water partition coefficient (Wildman–Crippen LogP) is 4.37. The lowest BCUT2D eigenvalue weighted by Crippen LogP contribution is -2.31. The lowest BCUT2D eigenvalue weighted by Gasteiger charge is -2.17. The zero-order valence-corrected chi connectivity index (χ0v) is 14.1. The highest BCUT2D eigenvalue weighted by Crippen LogP contribution is 2.29. The topological polar surface area (TPSA) is 40.5 Å². The summed E-state index contributed by atoms with van der Waals surface area (Å²) < 4.78 is 0.703. The highest BCUT2D eigenvalue weighted by Gasteiger charge is 2.52. The maximum atomic E-state index is 9.63. The molecule has 0 aliphatic carbocycles. The van der Waals surface area contributed by atoms with E-state index in [2.05, 4.69) is 6.92 Å². The average Bonchev–Trinajstić information content (AvgIpc) is 3.10. The zero-order chi connectivity index (χ0) is 15.4. The van der Waals surface area contributed by atoms with Crippen LogP contribution < -0.4 is 0 Å². The van der Waals surface area contributed by atoms with Gasteiger partial charge < -0.3 is 10.2 Å². The smallest absolute Gasteiger partial charge is 0.241 e. The zero-order valence-electron chi connectivity index (χ0n) is 14.1. The molecule has 3 nitrogen and oxygen atoms in total. The molecule has 0 spiro atoms. The van der Waals surface area contributed by atoms with E-state index in [0.717, 1.165) is 13.1 Å². The van der Waals surface area contributed by atoms with E-state index in [-0.39, 0.29) is 6.23 Å². The van der Waals surface area contributed by atoms with Crippen molar-refractivity contribution in [3.63, 3.8) is 0 Å². The number of rotatable bonds is 15. The van der Waals surface area contributed by atoms with Crippen LogP contribution in [0.15, 0.2) is 0 Å². The molecule has 3 heteroatoms. The van der Waals surface area contributed by atoms with Gasteiger partial charge in [0, 0.05) is 0 Å². The maximum Gasteiger partial charge on any atom is 0.241 e. The van der Waals surface area contributed by atoms with Crippen molar-refractivity contribution in [3.8, 4) is 0 Å². The predicted molar refractivity (Wildman–Crippen MR) is 88.2 cm³/mol. The second-order valence-corrected chi connectivity index (χ2v) is 6.86. The van der Waals surface area contributed by atoms with Gasteiger partial charge in [-0.1, -0.05) is 71.1 Å². The largest absolute Gasteiger partial charge is 0.384 e. The summed E-state index contributed by atoms with van der Waals surface area (Å²) in [6, 6.07) is 0. The van der Waals surface area contributed by atoms with E-state index in [1.807, 2.05) is 0 Å². The Labute approximate surface area is 131 Å². The quantitative estimate of drug-likeness (QED) is 0.268. The monoisotopic (exact) mass is 299 g/mol. The number of unbranched alkanes of at least 4 members (excludes halogenated alkanes) is 11. The van der Waals surface area contributed by atoms with E-state index >= 15 is 0 Å². The van der Waals surface area contributed by atoms with Gasteiger partial charge in [0.1, 0.15) is 13.2 Å². The molecule has 1 saturated heterocycles. The second-order valence-electron chi connectivity index (χ2n) is 6.86. The third-order valence-corrected chi connectivity index (χ3v) is 4.93. The normalized spacial score (nSPS) is 24.4. The molecule has 0 bridgehead atoms. The van der Waals surface area contributed by atoms with Gasteiger partial charge in [0.05, 0.1) is 6.54 Å². The number of aliphatic hydroxyl groups is 2. The molecule has 21 heavy (non-hydrogen) atoms. The summed E-state index contributed by atoms with van der Waals surface area (Å²) >= 11 is 0. The summed E-state index contributed by atoms with van der Waals surface area (Å²) in [5.74, 6) is 0. The van der Waals surface area contributed by atoms with Crippen molar-refractivity contribution in [2.45, 2.75) is 90.2 Å². The molecule has 1 aliphatic rings. The van der Waals surface area contributed by atoms with Crippen LogP contribution >= 0.6 is 0 Å². The van der Waals surface area contributed by atoms with Crippen LogP contribution in [0, 0.1) is 6.61 Å². The lowest BCUT2D eigenvalue weighted by atomic mass is 10.1. The molecule has 0 aromatic rings. The summed E-state index contributed by atoms with van der Waals surface area (Å²) in [5.41, 5.74) is 0. The van der Waals surface area contributed by atoms with Crippen LogP contribution in [0.1, 0.15) is 84.0 Å². The minimum Gasteiger partial charge on any atom is -0.384 e. The van der Waals surface area contributed by atoms with E-state index in [1.165, 1.54) is 83.7 Å². The molecule has 2 N–H and O–H groups in total. The SMILES string of the molecule is CCCCCCCCCCCCCC[N+]1(C[CH]O)CC1O. The Hall–Kier alpha value is -0.120. The molecule has 0 saturated carbocycles. The number of quaternary nitrogens is 1. The molecule has 2 atom stereocenters. The van der Waals surface area contributed by atoms with Crippen molar-refractivity contribution in [3.05, 3.63) is 6.61 Å². The van der Waals surface area contributed by atoms with Crippen molar-refractivity contribution in [1.82, 2.24) is 0 Å². The van der Waals surface area contributed by atoms with Gasteiger partial charge in [-0.15, -0.1) is 0 Å². The highest BCUT2D eigenvalue weighted by molar-refractivity contribution is 4.66. The highest BCUT2D eigenvalue weighted by atomic mass is 16.3. The Kier molecular flexibility index (Phi) is 10.3. The van der Waals surface area contributed by atoms with Crippen LogP contribution in [-0.2, 0) is 0 Å². The van der Waals surface area contributed by atoms with E-state index in [1.54, 1.807) is 0 Å². The molecule has 0 amide bonds. The van der Waals surface area contributed by atoms with Gasteiger partial charge in [-0.05, 0) is 12.8 Å². The van der Waals surface area contributed by atoms with E-state index in [9.17, 15) is 5.11 Å². The van der Waals surface area contributed by atoms with Gasteiger partial charge in [-0.25, -0.2) is 0 Å². The molecular weight excluding hydrogens is 262 g/mol. The number of aliphatic hydroxyl groups excluding tert-OH is 2. The first-order valence-corrected chi connectivity index (χ1v) is 9.25. The molecule has 0 aromatic carbocycles. The van der Waals surface area contributed by atoms with Crippen molar-refractivity contribution < 1.29 is 14.7 Å². The molecular formula is C18H37NO2+. The molecule has 2 unspecified atom stereocenters. The summed E-state index contributed by atoms with van der Waals surface area (Å²) in [6.07, 6.45) is 16.2. The number of hydrogen-bond donors (Lipinski definition) is 2. The average molecular weight is 299 g/mol. The van der Waals surface area contributed by atoms with Crippen molar-refractivity contribution in [1.29, 1.82) is 0 Å². The molecule has 1 fully saturated rings. The van der Waals surface area contributed by atoms with Crippen molar-refractivity contribution in [2.75, 3.05) is 19.6 Å². The molecule has 1 rings (SSSR count). The van der Waals surface area contributed by atoms with Gasteiger partial charge >= 0.3 is 0 Å². The minimum atomic E-state index is -0.221. The van der Waals surface area contributed by atoms with Crippen LogP contribution in [0.2, 0.25) is 0 Å². The molecule has 125 valence electrons. The number of hydrogen-bond acceptors (Lipinski definition) is 2. The fraction of sp³-hybridized carbons (Fsp3) is 0.944. The first-order chi connectivity index (χ1) is 10.2. The standard InChI is InChI=1S/C18H37NO2/c1-2-3-4-5-6-7-8-9-10-11-12-13-14-19(15-16-20)17-18(19)21/h16,18,20-21H,2-15,17H2,1H3/q+1. The Morgan fingerprint density at radius 2 is 1.29 bits per heavy atom. The van der Waals surface area contributed by atoms with E-state index < -0.39 is 0 Å².